The van der Waals surface area contributed by atoms with Crippen molar-refractivity contribution >= 4 is 22.5 Å². The van der Waals surface area contributed by atoms with Crippen LogP contribution >= 0.6 is 0 Å². The molecule has 1 amide bonds. The Morgan fingerprint density at radius 3 is 2.70 bits per heavy atom. The van der Waals surface area contributed by atoms with Gasteiger partial charge in [-0.1, -0.05) is 30.3 Å². The van der Waals surface area contributed by atoms with Crippen molar-refractivity contribution in [1.29, 1.82) is 0 Å². The zero-order valence-electron chi connectivity index (χ0n) is 15.2. The number of H-pyrrole nitrogens is 1. The van der Waals surface area contributed by atoms with Gasteiger partial charge in [-0.25, -0.2) is 0 Å². The maximum absolute atomic E-state index is 12.9. The first-order chi connectivity index (χ1) is 13.2. The van der Waals surface area contributed by atoms with Crippen LogP contribution < -0.4 is 11.1 Å². The van der Waals surface area contributed by atoms with E-state index in [0.717, 1.165) is 54.9 Å². The Morgan fingerprint density at radius 2 is 1.93 bits per heavy atom. The molecule has 0 spiro atoms. The lowest BCUT2D eigenvalue weighted by atomic mass is 10.0. The molecule has 2 aromatic carbocycles. The van der Waals surface area contributed by atoms with Crippen molar-refractivity contribution in [2.45, 2.75) is 0 Å². The van der Waals surface area contributed by atoms with Gasteiger partial charge in [0.1, 0.15) is 5.69 Å². The molecule has 0 saturated carbocycles. The normalized spacial score (nSPS) is 15.1. The zero-order chi connectivity index (χ0) is 18.6. The fourth-order valence-corrected chi connectivity index (χ4v) is 3.53. The highest BCUT2D eigenvalue weighted by molar-refractivity contribution is 6.10. The maximum atomic E-state index is 12.9. The predicted octanol–water partition coefficient (Wildman–Crippen LogP) is 2.48. The molecule has 1 aliphatic rings. The minimum Gasteiger partial charge on any atom is -0.399 e. The average Bonchev–Trinajstić information content (AvgIpc) is 3.08. The molecule has 4 rings (SSSR count). The molecule has 2 heterocycles. The van der Waals surface area contributed by atoms with Crippen LogP contribution in [-0.2, 0) is 4.74 Å². The fourth-order valence-electron chi connectivity index (χ4n) is 3.53. The van der Waals surface area contributed by atoms with E-state index in [4.69, 9.17) is 10.5 Å². The van der Waals surface area contributed by atoms with Crippen LogP contribution in [0.2, 0.25) is 0 Å². The van der Waals surface area contributed by atoms with E-state index in [9.17, 15) is 4.79 Å². The molecular formula is C21H24N4O2. The molecule has 1 saturated heterocycles. The Kier molecular flexibility index (Phi) is 5.09. The van der Waals surface area contributed by atoms with Crippen molar-refractivity contribution in [2.24, 2.45) is 0 Å². The summed E-state index contributed by atoms with van der Waals surface area (Å²) in [7, 11) is 0. The third-order valence-corrected chi connectivity index (χ3v) is 4.93. The Labute approximate surface area is 158 Å². The Bertz CT molecular complexity index is 930. The highest BCUT2D eigenvalue weighted by Gasteiger charge is 2.19. The molecule has 0 bridgehead atoms. The van der Waals surface area contributed by atoms with Gasteiger partial charge in [-0.2, -0.15) is 0 Å². The average molecular weight is 364 g/mol. The van der Waals surface area contributed by atoms with E-state index in [0.29, 0.717) is 17.9 Å². The summed E-state index contributed by atoms with van der Waals surface area (Å²) < 4.78 is 5.36. The molecule has 3 aromatic rings. The summed E-state index contributed by atoms with van der Waals surface area (Å²) in [4.78, 5) is 18.5. The van der Waals surface area contributed by atoms with E-state index in [1.165, 1.54) is 0 Å². The standard InChI is InChI=1S/C21H24N4O2/c22-16-6-7-18-17(14-16)19(15-4-2-1-3-5-15)20(24-18)21(26)23-8-9-25-10-12-27-13-11-25/h1-7,14,24H,8-13,22H2,(H,23,26). The summed E-state index contributed by atoms with van der Waals surface area (Å²) in [6.45, 7) is 4.77. The van der Waals surface area contributed by atoms with Crippen LogP contribution in [0.15, 0.2) is 48.5 Å². The van der Waals surface area contributed by atoms with Crippen molar-refractivity contribution in [3.05, 3.63) is 54.2 Å². The van der Waals surface area contributed by atoms with Gasteiger partial charge in [0, 0.05) is 48.3 Å². The van der Waals surface area contributed by atoms with Gasteiger partial charge in [0.25, 0.3) is 5.91 Å². The van der Waals surface area contributed by atoms with E-state index in [2.05, 4.69) is 15.2 Å². The van der Waals surface area contributed by atoms with Gasteiger partial charge in [0.05, 0.1) is 13.2 Å². The number of carbonyl (C=O) groups excluding carboxylic acids is 1. The van der Waals surface area contributed by atoms with Gasteiger partial charge in [0.2, 0.25) is 0 Å². The second-order valence-electron chi connectivity index (χ2n) is 6.76. The van der Waals surface area contributed by atoms with E-state index in [-0.39, 0.29) is 5.91 Å². The molecular weight excluding hydrogens is 340 g/mol. The van der Waals surface area contributed by atoms with Gasteiger partial charge in [0.15, 0.2) is 0 Å². The number of nitrogens with one attached hydrogen (secondary N) is 2. The second kappa shape index (κ2) is 7.82. The molecule has 0 radical (unpaired) electrons. The van der Waals surface area contributed by atoms with Crippen molar-refractivity contribution in [3.8, 4) is 11.1 Å². The SMILES string of the molecule is Nc1ccc2[nH]c(C(=O)NCCN3CCOCC3)c(-c3ccccc3)c2c1. The number of morpholine rings is 1. The van der Waals surface area contributed by atoms with Gasteiger partial charge in [-0.3, -0.25) is 9.69 Å². The molecule has 1 aromatic heterocycles. The van der Waals surface area contributed by atoms with E-state index >= 15 is 0 Å². The second-order valence-corrected chi connectivity index (χ2v) is 6.76. The monoisotopic (exact) mass is 364 g/mol. The van der Waals surface area contributed by atoms with Gasteiger partial charge >= 0.3 is 0 Å². The first-order valence-corrected chi connectivity index (χ1v) is 9.27. The van der Waals surface area contributed by atoms with Crippen LogP contribution in [-0.4, -0.2) is 55.2 Å². The van der Waals surface area contributed by atoms with Crippen molar-refractivity contribution in [1.82, 2.24) is 15.2 Å². The molecule has 1 aliphatic heterocycles. The van der Waals surface area contributed by atoms with Crippen molar-refractivity contribution in [2.75, 3.05) is 45.1 Å². The number of hydrogen-bond donors (Lipinski definition) is 3. The lowest BCUT2D eigenvalue weighted by Crippen LogP contribution is -2.41. The minimum atomic E-state index is -0.100. The Hall–Kier alpha value is -2.83. The summed E-state index contributed by atoms with van der Waals surface area (Å²) in [6.07, 6.45) is 0. The van der Waals surface area contributed by atoms with E-state index < -0.39 is 0 Å². The largest absolute Gasteiger partial charge is 0.399 e. The predicted molar refractivity (Wildman–Crippen MR) is 108 cm³/mol. The minimum absolute atomic E-state index is 0.100. The zero-order valence-corrected chi connectivity index (χ0v) is 15.2. The highest BCUT2D eigenvalue weighted by atomic mass is 16.5. The molecule has 6 heteroatoms. The number of carbonyl (C=O) groups is 1. The van der Waals surface area contributed by atoms with E-state index in [1.807, 2.05) is 48.5 Å². The summed E-state index contributed by atoms with van der Waals surface area (Å²) >= 11 is 0. The summed E-state index contributed by atoms with van der Waals surface area (Å²) in [5.41, 5.74) is 10.0. The van der Waals surface area contributed by atoms with Crippen LogP contribution in [0.4, 0.5) is 5.69 Å². The number of aromatic nitrogens is 1. The number of nitrogens with two attached hydrogens (primary N) is 1. The van der Waals surface area contributed by atoms with Crippen molar-refractivity contribution < 1.29 is 9.53 Å². The number of amides is 1. The molecule has 1 fully saturated rings. The smallest absolute Gasteiger partial charge is 0.268 e. The number of nitrogen functional groups attached to an aromatic ring is 1. The summed E-state index contributed by atoms with van der Waals surface area (Å²) in [6, 6.07) is 15.6. The maximum Gasteiger partial charge on any atom is 0.268 e. The van der Waals surface area contributed by atoms with Crippen molar-refractivity contribution in [3.63, 3.8) is 0 Å². The van der Waals surface area contributed by atoms with E-state index in [1.54, 1.807) is 0 Å². The number of benzene rings is 2. The Morgan fingerprint density at radius 1 is 1.15 bits per heavy atom. The summed E-state index contributed by atoms with van der Waals surface area (Å²) in [5.74, 6) is -0.100. The first kappa shape index (κ1) is 17.6. The van der Waals surface area contributed by atoms with Gasteiger partial charge < -0.3 is 20.8 Å². The third kappa shape index (κ3) is 3.82. The molecule has 140 valence electrons. The quantitative estimate of drug-likeness (QED) is 0.608. The van der Waals surface area contributed by atoms with Gasteiger partial charge in [-0.15, -0.1) is 0 Å². The molecule has 6 nitrogen and oxygen atoms in total. The molecule has 27 heavy (non-hydrogen) atoms. The fraction of sp³-hybridized carbons (Fsp3) is 0.286. The topological polar surface area (TPSA) is 83.4 Å². The molecule has 0 atom stereocenters. The highest BCUT2D eigenvalue weighted by Crippen LogP contribution is 2.33. The molecule has 0 aliphatic carbocycles. The summed E-state index contributed by atoms with van der Waals surface area (Å²) in [5, 5.41) is 4.01. The lowest BCUT2D eigenvalue weighted by Gasteiger charge is -2.26. The number of nitrogens with zero attached hydrogens (tertiary/aromatic N) is 1. The van der Waals surface area contributed by atoms with Crippen LogP contribution in [0.3, 0.4) is 0 Å². The molecule has 4 N–H and O–H groups in total. The van der Waals surface area contributed by atoms with Crippen LogP contribution in [0, 0.1) is 0 Å². The Balaban J connectivity index is 1.59. The number of fused-ring (bicyclic) bond motifs is 1. The first-order valence-electron chi connectivity index (χ1n) is 9.27. The number of anilines is 1. The number of rotatable bonds is 5. The number of ether oxygens (including phenoxy) is 1. The number of hydrogen-bond acceptors (Lipinski definition) is 4. The lowest BCUT2D eigenvalue weighted by molar-refractivity contribution is 0.0383. The van der Waals surface area contributed by atoms with Gasteiger partial charge in [-0.05, 0) is 23.8 Å². The van der Waals surface area contributed by atoms with Crippen LogP contribution in [0.1, 0.15) is 10.5 Å². The third-order valence-electron chi connectivity index (χ3n) is 4.93. The van der Waals surface area contributed by atoms with Crippen LogP contribution in [0.5, 0.6) is 0 Å². The molecule has 0 unspecified atom stereocenters. The van der Waals surface area contributed by atoms with Crippen LogP contribution in [0.25, 0.3) is 22.0 Å². The number of aromatic amines is 1.